The highest BCUT2D eigenvalue weighted by Gasteiger charge is 2.39. The second-order valence-electron chi connectivity index (χ2n) is 4.06. The highest BCUT2D eigenvalue weighted by Crippen LogP contribution is 2.31. The SMILES string of the molecule is COC1CCCC2(CN=C(N)N2)C1. The topological polar surface area (TPSA) is 59.6 Å². The van der Waals surface area contributed by atoms with Gasteiger partial charge in [0.15, 0.2) is 5.96 Å². The molecule has 2 rings (SSSR count). The molecule has 0 aromatic rings. The van der Waals surface area contributed by atoms with E-state index in [0.29, 0.717) is 12.1 Å². The lowest BCUT2D eigenvalue weighted by molar-refractivity contribution is 0.0406. The van der Waals surface area contributed by atoms with Gasteiger partial charge in [0.2, 0.25) is 0 Å². The van der Waals surface area contributed by atoms with Crippen molar-refractivity contribution >= 4 is 5.96 Å². The first-order valence-electron chi connectivity index (χ1n) is 4.85. The summed E-state index contributed by atoms with van der Waals surface area (Å²) in [5.41, 5.74) is 5.74. The summed E-state index contributed by atoms with van der Waals surface area (Å²) in [6.07, 6.45) is 4.95. The average molecular weight is 183 g/mol. The maximum absolute atomic E-state index is 5.63. The molecule has 1 fully saturated rings. The van der Waals surface area contributed by atoms with Crippen LogP contribution in [0.5, 0.6) is 0 Å². The van der Waals surface area contributed by atoms with Gasteiger partial charge < -0.3 is 15.8 Å². The van der Waals surface area contributed by atoms with Crippen LogP contribution in [0.2, 0.25) is 0 Å². The van der Waals surface area contributed by atoms with Crippen molar-refractivity contribution in [1.82, 2.24) is 5.32 Å². The fourth-order valence-corrected chi connectivity index (χ4v) is 2.35. The van der Waals surface area contributed by atoms with E-state index in [-0.39, 0.29) is 5.54 Å². The van der Waals surface area contributed by atoms with E-state index in [0.717, 1.165) is 19.4 Å². The number of guanidine groups is 1. The Kier molecular flexibility index (Phi) is 2.15. The highest BCUT2D eigenvalue weighted by atomic mass is 16.5. The van der Waals surface area contributed by atoms with E-state index in [9.17, 15) is 0 Å². The van der Waals surface area contributed by atoms with Crippen LogP contribution in [0, 0.1) is 0 Å². The van der Waals surface area contributed by atoms with Crippen molar-refractivity contribution in [2.45, 2.75) is 37.3 Å². The summed E-state index contributed by atoms with van der Waals surface area (Å²) in [6.45, 7) is 0.818. The minimum Gasteiger partial charge on any atom is -0.381 e. The van der Waals surface area contributed by atoms with Crippen molar-refractivity contribution in [3.63, 3.8) is 0 Å². The molecule has 0 bridgehead atoms. The molecule has 1 aliphatic heterocycles. The van der Waals surface area contributed by atoms with Gasteiger partial charge in [-0.25, -0.2) is 0 Å². The summed E-state index contributed by atoms with van der Waals surface area (Å²) in [5, 5.41) is 3.28. The van der Waals surface area contributed by atoms with E-state index in [1.165, 1.54) is 12.8 Å². The molecule has 3 N–H and O–H groups in total. The first kappa shape index (κ1) is 8.81. The van der Waals surface area contributed by atoms with E-state index in [1.54, 1.807) is 7.11 Å². The van der Waals surface area contributed by atoms with Crippen LogP contribution >= 0.6 is 0 Å². The maximum atomic E-state index is 5.63. The molecule has 0 saturated heterocycles. The molecule has 2 aliphatic rings. The Hall–Kier alpha value is -0.770. The van der Waals surface area contributed by atoms with Gasteiger partial charge in [0.05, 0.1) is 18.2 Å². The van der Waals surface area contributed by atoms with Gasteiger partial charge in [0.1, 0.15) is 0 Å². The number of nitrogens with zero attached hydrogens (tertiary/aromatic N) is 1. The van der Waals surface area contributed by atoms with Crippen molar-refractivity contribution in [3.8, 4) is 0 Å². The molecule has 4 heteroatoms. The van der Waals surface area contributed by atoms with E-state index in [2.05, 4.69) is 10.3 Å². The second kappa shape index (κ2) is 3.18. The van der Waals surface area contributed by atoms with Gasteiger partial charge in [-0.1, -0.05) is 0 Å². The molecule has 0 aromatic heterocycles. The van der Waals surface area contributed by atoms with Crippen LogP contribution in [0.25, 0.3) is 0 Å². The number of hydrogen-bond donors (Lipinski definition) is 2. The lowest BCUT2D eigenvalue weighted by Crippen LogP contribution is -2.52. The summed E-state index contributed by atoms with van der Waals surface area (Å²) >= 11 is 0. The fraction of sp³-hybridized carbons (Fsp3) is 0.889. The predicted octanol–water partition coefficient (Wildman–Crippen LogP) is 0.232. The first-order valence-corrected chi connectivity index (χ1v) is 4.85. The molecule has 74 valence electrons. The Morgan fingerprint density at radius 3 is 3.15 bits per heavy atom. The van der Waals surface area contributed by atoms with Crippen LogP contribution in [0.1, 0.15) is 25.7 Å². The van der Waals surface area contributed by atoms with Crippen molar-refractivity contribution in [3.05, 3.63) is 0 Å². The molecule has 1 saturated carbocycles. The van der Waals surface area contributed by atoms with Crippen molar-refractivity contribution in [2.24, 2.45) is 10.7 Å². The third kappa shape index (κ3) is 1.63. The Morgan fingerprint density at radius 1 is 1.69 bits per heavy atom. The van der Waals surface area contributed by atoms with Crippen molar-refractivity contribution in [2.75, 3.05) is 13.7 Å². The van der Waals surface area contributed by atoms with Gasteiger partial charge in [0, 0.05) is 7.11 Å². The molecule has 1 spiro atoms. The Bertz CT molecular complexity index is 229. The minimum absolute atomic E-state index is 0.114. The normalized spacial score (nSPS) is 38.8. The van der Waals surface area contributed by atoms with Crippen molar-refractivity contribution < 1.29 is 4.74 Å². The zero-order valence-corrected chi connectivity index (χ0v) is 8.05. The molecule has 0 amide bonds. The summed E-state index contributed by atoms with van der Waals surface area (Å²) in [5.74, 6) is 0.594. The van der Waals surface area contributed by atoms with E-state index in [1.807, 2.05) is 0 Å². The summed E-state index contributed by atoms with van der Waals surface area (Å²) < 4.78 is 5.38. The van der Waals surface area contributed by atoms with E-state index in [4.69, 9.17) is 10.5 Å². The summed E-state index contributed by atoms with van der Waals surface area (Å²) in [7, 11) is 1.78. The van der Waals surface area contributed by atoms with Gasteiger partial charge in [0.25, 0.3) is 0 Å². The highest BCUT2D eigenvalue weighted by molar-refractivity contribution is 5.80. The van der Waals surface area contributed by atoms with Gasteiger partial charge in [-0.2, -0.15) is 0 Å². The van der Waals surface area contributed by atoms with Gasteiger partial charge in [-0.3, -0.25) is 4.99 Å². The van der Waals surface area contributed by atoms with Crippen LogP contribution in [0.3, 0.4) is 0 Å². The smallest absolute Gasteiger partial charge is 0.189 e. The molecule has 13 heavy (non-hydrogen) atoms. The van der Waals surface area contributed by atoms with Crippen LogP contribution in [0.15, 0.2) is 4.99 Å². The fourth-order valence-electron chi connectivity index (χ4n) is 2.35. The molecule has 1 heterocycles. The molecular weight excluding hydrogens is 166 g/mol. The standard InChI is InChI=1S/C9H17N3O/c1-13-7-3-2-4-9(5-7)6-11-8(10)12-9/h7H,2-6H2,1H3,(H3,10,11,12). The Morgan fingerprint density at radius 2 is 2.54 bits per heavy atom. The van der Waals surface area contributed by atoms with Gasteiger partial charge in [-0.15, -0.1) is 0 Å². The zero-order valence-electron chi connectivity index (χ0n) is 8.05. The molecular formula is C9H17N3O. The third-order valence-electron chi connectivity index (χ3n) is 3.08. The lowest BCUT2D eigenvalue weighted by atomic mass is 9.80. The monoisotopic (exact) mass is 183 g/mol. The zero-order chi connectivity index (χ0) is 9.31. The van der Waals surface area contributed by atoms with Crippen molar-refractivity contribution in [1.29, 1.82) is 0 Å². The molecule has 4 nitrogen and oxygen atoms in total. The van der Waals surface area contributed by atoms with E-state index >= 15 is 0 Å². The first-order chi connectivity index (χ1) is 6.24. The summed E-state index contributed by atoms with van der Waals surface area (Å²) in [4.78, 5) is 4.21. The van der Waals surface area contributed by atoms with Crippen LogP contribution in [0.4, 0.5) is 0 Å². The third-order valence-corrected chi connectivity index (χ3v) is 3.08. The number of aliphatic imine (C=N–C) groups is 1. The second-order valence-corrected chi connectivity index (χ2v) is 4.06. The number of nitrogens with two attached hydrogens (primary N) is 1. The van der Waals surface area contributed by atoms with E-state index < -0.39 is 0 Å². The van der Waals surface area contributed by atoms with Gasteiger partial charge >= 0.3 is 0 Å². The number of rotatable bonds is 1. The average Bonchev–Trinajstić information content (AvgIpc) is 2.47. The number of hydrogen-bond acceptors (Lipinski definition) is 4. The van der Waals surface area contributed by atoms with Gasteiger partial charge in [-0.05, 0) is 25.7 Å². The molecule has 0 radical (unpaired) electrons. The lowest BCUT2D eigenvalue weighted by Gasteiger charge is -2.37. The van der Waals surface area contributed by atoms with Crippen LogP contribution < -0.4 is 11.1 Å². The predicted molar refractivity (Wildman–Crippen MR) is 51.6 cm³/mol. The number of methoxy groups -OCH3 is 1. The largest absolute Gasteiger partial charge is 0.381 e. The maximum Gasteiger partial charge on any atom is 0.189 e. The Balaban J connectivity index is 2.00. The Labute approximate surface area is 78.5 Å². The minimum atomic E-state index is 0.114. The molecule has 0 aromatic carbocycles. The number of ether oxygens (including phenoxy) is 1. The quantitative estimate of drug-likeness (QED) is 0.612. The molecule has 2 unspecified atom stereocenters. The molecule has 1 aliphatic carbocycles. The number of nitrogens with one attached hydrogen (secondary N) is 1. The molecule has 2 atom stereocenters. The van der Waals surface area contributed by atoms with Crippen LogP contribution in [-0.4, -0.2) is 31.3 Å². The summed E-state index contributed by atoms with van der Waals surface area (Å²) in [6, 6.07) is 0. The van der Waals surface area contributed by atoms with Crippen LogP contribution in [-0.2, 0) is 4.74 Å².